The molecule has 0 bridgehead atoms. The lowest BCUT2D eigenvalue weighted by Gasteiger charge is -2.03. The molecule has 0 saturated carbocycles. The third-order valence-corrected chi connectivity index (χ3v) is 2.37. The van der Waals surface area contributed by atoms with Gasteiger partial charge in [0.15, 0.2) is 0 Å². The summed E-state index contributed by atoms with van der Waals surface area (Å²) in [6.07, 6.45) is 1.62. The Hall–Kier alpha value is -1.20. The number of hydrogen-bond acceptors (Lipinski definition) is 4. The topological polar surface area (TPSA) is 56.5 Å². The Bertz CT molecular complexity index is 487. The third kappa shape index (κ3) is 1.93. The quantitative estimate of drug-likeness (QED) is 0.769. The van der Waals surface area contributed by atoms with Gasteiger partial charge in [-0.15, -0.1) is 0 Å². The first-order chi connectivity index (χ1) is 7.08. The number of nitrogens with zero attached hydrogens (tertiary/aromatic N) is 5. The van der Waals surface area contributed by atoms with E-state index in [1.54, 1.807) is 10.9 Å². The largest absolute Gasteiger partial charge is 0.271 e. The summed E-state index contributed by atoms with van der Waals surface area (Å²) in [5.74, 6) is 0.373. The van der Waals surface area contributed by atoms with Crippen molar-refractivity contribution in [3.05, 3.63) is 28.3 Å². The van der Waals surface area contributed by atoms with Gasteiger partial charge in [-0.3, -0.25) is 4.57 Å². The van der Waals surface area contributed by atoms with Crippen molar-refractivity contribution in [3.63, 3.8) is 0 Å². The van der Waals surface area contributed by atoms with E-state index in [0.717, 1.165) is 11.4 Å². The fourth-order valence-electron chi connectivity index (χ4n) is 1.12. The Morgan fingerprint density at radius 1 is 1.07 bits per heavy atom. The molecule has 0 spiro atoms. The highest BCUT2D eigenvalue weighted by atomic mass is 35.5. The van der Waals surface area contributed by atoms with Crippen LogP contribution in [-0.4, -0.2) is 24.5 Å². The molecule has 78 valence electrons. The maximum Gasteiger partial charge on any atom is 0.240 e. The van der Waals surface area contributed by atoms with E-state index in [2.05, 4.69) is 19.9 Å². The Morgan fingerprint density at radius 2 is 1.67 bits per heavy atom. The molecule has 0 aromatic carbocycles. The molecule has 7 heteroatoms. The Kier molecular flexibility index (Phi) is 2.58. The second-order valence-corrected chi connectivity index (χ2v) is 3.63. The van der Waals surface area contributed by atoms with Crippen molar-refractivity contribution in [3.8, 4) is 5.95 Å². The predicted octanol–water partition coefficient (Wildman–Crippen LogP) is 1.98. The molecule has 0 unspecified atom stereocenters. The van der Waals surface area contributed by atoms with E-state index in [4.69, 9.17) is 23.2 Å². The Labute approximate surface area is 96.1 Å². The van der Waals surface area contributed by atoms with E-state index >= 15 is 0 Å². The van der Waals surface area contributed by atoms with Crippen LogP contribution >= 0.6 is 23.2 Å². The van der Waals surface area contributed by atoms with Crippen LogP contribution < -0.4 is 0 Å². The molecule has 2 heterocycles. The normalized spacial score (nSPS) is 10.7. The fourth-order valence-corrected chi connectivity index (χ4v) is 1.48. The van der Waals surface area contributed by atoms with Crippen LogP contribution in [0.5, 0.6) is 0 Å². The molecule has 0 atom stereocenters. The van der Waals surface area contributed by atoms with E-state index < -0.39 is 0 Å². The van der Waals surface area contributed by atoms with Crippen LogP contribution in [0.25, 0.3) is 5.95 Å². The van der Waals surface area contributed by atoms with Crippen LogP contribution in [0.3, 0.4) is 0 Å². The number of rotatable bonds is 1. The smallest absolute Gasteiger partial charge is 0.240 e. The van der Waals surface area contributed by atoms with Gasteiger partial charge < -0.3 is 0 Å². The summed E-state index contributed by atoms with van der Waals surface area (Å²) in [6.45, 7) is 3.81. The van der Waals surface area contributed by atoms with E-state index in [1.807, 2.05) is 13.8 Å². The minimum absolute atomic E-state index is 0.0655. The van der Waals surface area contributed by atoms with Crippen molar-refractivity contribution >= 4 is 23.2 Å². The van der Waals surface area contributed by atoms with Crippen molar-refractivity contribution in [2.75, 3.05) is 0 Å². The summed E-state index contributed by atoms with van der Waals surface area (Å²) in [5.41, 5.74) is 1.84. The SMILES string of the molecule is Cc1ncn(-c2nc(Cl)nc(Cl)n2)c1C. The van der Waals surface area contributed by atoms with Gasteiger partial charge in [0.1, 0.15) is 6.33 Å². The van der Waals surface area contributed by atoms with Gasteiger partial charge in [0, 0.05) is 5.69 Å². The van der Waals surface area contributed by atoms with Crippen molar-refractivity contribution < 1.29 is 0 Å². The van der Waals surface area contributed by atoms with Crippen LogP contribution in [0.2, 0.25) is 10.6 Å². The molecule has 2 rings (SSSR count). The number of halogens is 2. The Morgan fingerprint density at radius 3 is 2.13 bits per heavy atom. The van der Waals surface area contributed by atoms with Gasteiger partial charge in [0.2, 0.25) is 16.5 Å². The zero-order chi connectivity index (χ0) is 11.0. The molecule has 0 amide bonds. The molecule has 0 N–H and O–H groups in total. The van der Waals surface area contributed by atoms with Gasteiger partial charge in [0.25, 0.3) is 0 Å². The first-order valence-electron chi connectivity index (χ1n) is 4.16. The summed E-state index contributed by atoms with van der Waals surface area (Å²) in [5, 5.41) is 0.131. The maximum atomic E-state index is 5.68. The van der Waals surface area contributed by atoms with Crippen LogP contribution in [0, 0.1) is 13.8 Å². The summed E-state index contributed by atoms with van der Waals surface area (Å²) < 4.78 is 1.70. The molecular formula is C8H7Cl2N5. The predicted molar refractivity (Wildman–Crippen MR) is 56.4 cm³/mol. The highest BCUT2D eigenvalue weighted by Gasteiger charge is 2.09. The van der Waals surface area contributed by atoms with Crippen LogP contribution in [0.1, 0.15) is 11.4 Å². The zero-order valence-corrected chi connectivity index (χ0v) is 9.58. The van der Waals surface area contributed by atoms with Gasteiger partial charge in [-0.05, 0) is 37.0 Å². The van der Waals surface area contributed by atoms with Crippen LogP contribution in [-0.2, 0) is 0 Å². The van der Waals surface area contributed by atoms with Crippen molar-refractivity contribution in [1.82, 2.24) is 24.5 Å². The summed E-state index contributed by atoms with van der Waals surface area (Å²) in [4.78, 5) is 15.7. The first-order valence-corrected chi connectivity index (χ1v) is 4.91. The van der Waals surface area contributed by atoms with Crippen LogP contribution in [0.4, 0.5) is 0 Å². The number of aromatic nitrogens is 5. The first kappa shape index (κ1) is 10.3. The standard InChI is InChI=1S/C8H7Cl2N5/c1-4-5(2)15(3-11-4)8-13-6(9)12-7(10)14-8/h3H,1-2H3. The van der Waals surface area contributed by atoms with Crippen molar-refractivity contribution in [1.29, 1.82) is 0 Å². The van der Waals surface area contributed by atoms with E-state index in [-0.39, 0.29) is 10.6 Å². The molecule has 0 radical (unpaired) electrons. The lowest BCUT2D eigenvalue weighted by molar-refractivity contribution is 0.870. The fraction of sp³-hybridized carbons (Fsp3) is 0.250. The number of hydrogen-bond donors (Lipinski definition) is 0. The maximum absolute atomic E-state index is 5.68. The second kappa shape index (κ2) is 3.75. The van der Waals surface area contributed by atoms with Gasteiger partial charge in [-0.1, -0.05) is 0 Å². The second-order valence-electron chi connectivity index (χ2n) is 2.96. The lowest BCUT2D eigenvalue weighted by atomic mass is 10.4. The minimum Gasteiger partial charge on any atom is -0.271 e. The molecular weight excluding hydrogens is 237 g/mol. The van der Waals surface area contributed by atoms with Crippen molar-refractivity contribution in [2.24, 2.45) is 0 Å². The molecule has 5 nitrogen and oxygen atoms in total. The van der Waals surface area contributed by atoms with Crippen molar-refractivity contribution in [2.45, 2.75) is 13.8 Å². The van der Waals surface area contributed by atoms with Gasteiger partial charge >= 0.3 is 0 Å². The summed E-state index contributed by atoms with van der Waals surface area (Å²) in [7, 11) is 0. The van der Waals surface area contributed by atoms with E-state index in [9.17, 15) is 0 Å². The number of aryl methyl sites for hydroxylation is 1. The highest BCUT2D eigenvalue weighted by molar-refractivity contribution is 6.31. The minimum atomic E-state index is 0.0655. The average molecular weight is 244 g/mol. The lowest BCUT2D eigenvalue weighted by Crippen LogP contribution is -2.03. The van der Waals surface area contributed by atoms with Gasteiger partial charge in [-0.2, -0.15) is 15.0 Å². The summed E-state index contributed by atoms with van der Waals surface area (Å²) >= 11 is 11.4. The molecule has 0 saturated heterocycles. The molecule has 2 aromatic rings. The molecule has 0 aliphatic carbocycles. The van der Waals surface area contributed by atoms with Gasteiger partial charge in [0.05, 0.1) is 5.69 Å². The molecule has 0 fully saturated rings. The van der Waals surface area contributed by atoms with E-state index in [0.29, 0.717) is 5.95 Å². The third-order valence-electron chi connectivity index (χ3n) is 2.04. The Balaban J connectivity index is 2.58. The number of imidazole rings is 1. The molecule has 2 aromatic heterocycles. The average Bonchev–Trinajstić information content (AvgIpc) is 2.46. The zero-order valence-electron chi connectivity index (χ0n) is 8.07. The van der Waals surface area contributed by atoms with E-state index in [1.165, 1.54) is 0 Å². The van der Waals surface area contributed by atoms with Gasteiger partial charge in [-0.25, -0.2) is 4.98 Å². The molecule has 0 aliphatic heterocycles. The monoisotopic (exact) mass is 243 g/mol. The molecule has 15 heavy (non-hydrogen) atoms. The van der Waals surface area contributed by atoms with Crippen LogP contribution in [0.15, 0.2) is 6.33 Å². The molecule has 0 aliphatic rings. The summed E-state index contributed by atoms with van der Waals surface area (Å²) in [6, 6.07) is 0. The highest BCUT2D eigenvalue weighted by Crippen LogP contribution is 2.13.